The monoisotopic (exact) mass is 357 g/mol. The molecule has 2 aliphatic rings. The third kappa shape index (κ3) is 4.52. The Balaban J connectivity index is 0.000000277. The van der Waals surface area contributed by atoms with Crippen molar-refractivity contribution < 1.29 is 19.8 Å². The van der Waals surface area contributed by atoms with E-state index >= 15 is 0 Å². The maximum absolute atomic E-state index is 9.10. The summed E-state index contributed by atoms with van der Waals surface area (Å²) in [5.41, 5.74) is 1.26. The lowest BCUT2D eigenvalue weighted by molar-refractivity contribution is -0.159. The molecular formula is C14H16ClN3O4S. The first-order chi connectivity index (χ1) is 10.9. The van der Waals surface area contributed by atoms with Crippen LogP contribution in [0.1, 0.15) is 0 Å². The fourth-order valence-corrected chi connectivity index (χ4v) is 3.86. The smallest absolute Gasteiger partial charge is 0.414 e. The standard InChI is InChI=1S/C12H14ClN3S.C2H2O4/c1-16-7-11(12-14-4-5-15-12)17-10-6-8(13)2-3-9(10)16;3-1(4)2(5)6/h2-3,6,11H,4-5,7H2,1H3,(H,14,15);(H,3,4)(H,5,6). The Morgan fingerprint density at radius 1 is 1.39 bits per heavy atom. The van der Waals surface area contributed by atoms with E-state index in [2.05, 4.69) is 28.3 Å². The Morgan fingerprint density at radius 3 is 2.65 bits per heavy atom. The summed E-state index contributed by atoms with van der Waals surface area (Å²) in [7, 11) is 2.12. The molecule has 0 aromatic heterocycles. The first-order valence-electron chi connectivity index (χ1n) is 6.80. The van der Waals surface area contributed by atoms with Crippen LogP contribution in [0.4, 0.5) is 5.69 Å². The van der Waals surface area contributed by atoms with Gasteiger partial charge in [-0.15, -0.1) is 11.8 Å². The molecule has 0 bridgehead atoms. The van der Waals surface area contributed by atoms with E-state index in [0.29, 0.717) is 5.25 Å². The van der Waals surface area contributed by atoms with Crippen molar-refractivity contribution in [2.75, 3.05) is 31.6 Å². The Bertz CT molecular complexity index is 641. The summed E-state index contributed by atoms with van der Waals surface area (Å²) in [4.78, 5) is 26.2. The molecule has 3 N–H and O–H groups in total. The van der Waals surface area contributed by atoms with E-state index in [0.717, 1.165) is 30.5 Å². The molecule has 7 nitrogen and oxygen atoms in total. The zero-order valence-corrected chi connectivity index (χ0v) is 13.9. The molecule has 0 amide bonds. The SMILES string of the molecule is CN1CC(C2=NCCN2)Sc2cc(Cl)ccc21.O=C(O)C(=O)O. The number of hydrogen-bond donors (Lipinski definition) is 3. The van der Waals surface area contributed by atoms with Gasteiger partial charge in [-0.3, -0.25) is 4.99 Å². The van der Waals surface area contributed by atoms with Gasteiger partial charge in [0.1, 0.15) is 5.84 Å². The minimum Gasteiger partial charge on any atom is -0.473 e. The van der Waals surface area contributed by atoms with Crippen molar-refractivity contribution >= 4 is 46.8 Å². The van der Waals surface area contributed by atoms with Gasteiger partial charge in [0.05, 0.1) is 17.5 Å². The van der Waals surface area contributed by atoms with Crippen LogP contribution < -0.4 is 10.2 Å². The second kappa shape index (κ2) is 7.56. The number of aliphatic imine (C=N–C) groups is 1. The molecule has 1 atom stereocenters. The summed E-state index contributed by atoms with van der Waals surface area (Å²) in [6, 6.07) is 6.08. The number of thioether (sulfide) groups is 1. The highest BCUT2D eigenvalue weighted by atomic mass is 35.5. The van der Waals surface area contributed by atoms with Gasteiger partial charge in [-0.25, -0.2) is 9.59 Å². The number of amidine groups is 1. The lowest BCUT2D eigenvalue weighted by atomic mass is 10.2. The number of rotatable bonds is 1. The highest BCUT2D eigenvalue weighted by molar-refractivity contribution is 8.01. The molecule has 9 heteroatoms. The number of benzene rings is 1. The summed E-state index contributed by atoms with van der Waals surface area (Å²) >= 11 is 7.91. The zero-order valence-electron chi connectivity index (χ0n) is 12.3. The summed E-state index contributed by atoms with van der Waals surface area (Å²) in [6.45, 7) is 2.86. The highest BCUT2D eigenvalue weighted by Crippen LogP contribution is 2.39. The molecule has 0 spiro atoms. The highest BCUT2D eigenvalue weighted by Gasteiger charge is 2.28. The molecule has 1 aromatic carbocycles. The lowest BCUT2D eigenvalue weighted by Gasteiger charge is -2.32. The molecule has 0 aliphatic carbocycles. The van der Waals surface area contributed by atoms with Crippen molar-refractivity contribution in [2.45, 2.75) is 10.1 Å². The van der Waals surface area contributed by atoms with Gasteiger partial charge < -0.3 is 20.4 Å². The van der Waals surface area contributed by atoms with E-state index in [4.69, 9.17) is 31.4 Å². The van der Waals surface area contributed by atoms with Crippen LogP contribution >= 0.6 is 23.4 Å². The molecule has 2 heterocycles. The average Bonchev–Trinajstić information content (AvgIpc) is 3.01. The maximum atomic E-state index is 9.10. The Morgan fingerprint density at radius 2 is 2.09 bits per heavy atom. The van der Waals surface area contributed by atoms with E-state index < -0.39 is 11.9 Å². The molecule has 124 valence electrons. The van der Waals surface area contributed by atoms with Crippen LogP contribution in [0.3, 0.4) is 0 Å². The molecule has 23 heavy (non-hydrogen) atoms. The van der Waals surface area contributed by atoms with E-state index in [1.807, 2.05) is 23.9 Å². The maximum Gasteiger partial charge on any atom is 0.414 e. The number of aliphatic carboxylic acids is 2. The molecule has 0 saturated heterocycles. The number of carbonyl (C=O) groups is 2. The van der Waals surface area contributed by atoms with Crippen LogP contribution in [0, 0.1) is 0 Å². The van der Waals surface area contributed by atoms with Crippen molar-refractivity contribution in [2.24, 2.45) is 4.99 Å². The molecule has 2 aliphatic heterocycles. The van der Waals surface area contributed by atoms with Gasteiger partial charge in [0.25, 0.3) is 0 Å². The van der Waals surface area contributed by atoms with Crippen molar-refractivity contribution in [1.29, 1.82) is 0 Å². The van der Waals surface area contributed by atoms with Gasteiger partial charge in [-0.2, -0.15) is 0 Å². The summed E-state index contributed by atoms with van der Waals surface area (Å²) in [5.74, 6) is -2.52. The number of fused-ring (bicyclic) bond motifs is 1. The van der Waals surface area contributed by atoms with Gasteiger partial charge >= 0.3 is 11.9 Å². The van der Waals surface area contributed by atoms with Gasteiger partial charge in [-0.05, 0) is 18.2 Å². The van der Waals surface area contributed by atoms with E-state index in [1.54, 1.807) is 0 Å². The molecular weight excluding hydrogens is 342 g/mol. The van der Waals surface area contributed by atoms with Gasteiger partial charge in [0.2, 0.25) is 0 Å². The van der Waals surface area contributed by atoms with Crippen LogP contribution in [-0.4, -0.2) is 59.9 Å². The number of anilines is 1. The number of nitrogens with one attached hydrogen (secondary N) is 1. The Hall–Kier alpha value is -1.93. The van der Waals surface area contributed by atoms with Gasteiger partial charge in [-0.1, -0.05) is 11.6 Å². The largest absolute Gasteiger partial charge is 0.473 e. The first-order valence-corrected chi connectivity index (χ1v) is 8.06. The quantitative estimate of drug-likeness (QED) is 0.653. The fraction of sp³-hybridized carbons (Fsp3) is 0.357. The average molecular weight is 358 g/mol. The van der Waals surface area contributed by atoms with Crippen LogP contribution in [0.15, 0.2) is 28.1 Å². The van der Waals surface area contributed by atoms with E-state index in [1.165, 1.54) is 10.6 Å². The normalized spacial score (nSPS) is 19.0. The van der Waals surface area contributed by atoms with Crippen LogP contribution in [0.25, 0.3) is 0 Å². The van der Waals surface area contributed by atoms with Crippen molar-refractivity contribution in [3.63, 3.8) is 0 Å². The fourth-order valence-electron chi connectivity index (χ4n) is 2.21. The van der Waals surface area contributed by atoms with Crippen molar-refractivity contribution in [1.82, 2.24) is 5.32 Å². The number of carboxylic acids is 2. The minimum atomic E-state index is -1.82. The van der Waals surface area contributed by atoms with Gasteiger partial charge in [0, 0.05) is 30.1 Å². The predicted octanol–water partition coefficient (Wildman–Crippen LogP) is 1.41. The molecule has 0 radical (unpaired) electrons. The van der Waals surface area contributed by atoms with E-state index in [9.17, 15) is 0 Å². The van der Waals surface area contributed by atoms with Crippen LogP contribution in [-0.2, 0) is 9.59 Å². The van der Waals surface area contributed by atoms with Crippen LogP contribution in [0.5, 0.6) is 0 Å². The minimum absolute atomic E-state index is 0.397. The van der Waals surface area contributed by atoms with E-state index in [-0.39, 0.29) is 0 Å². The third-order valence-corrected chi connectivity index (χ3v) is 4.70. The topological polar surface area (TPSA) is 102 Å². The second-order valence-electron chi connectivity index (χ2n) is 4.90. The van der Waals surface area contributed by atoms with Crippen molar-refractivity contribution in [3.8, 4) is 0 Å². The zero-order chi connectivity index (χ0) is 17.0. The Labute approximate surface area is 142 Å². The van der Waals surface area contributed by atoms with Crippen LogP contribution in [0.2, 0.25) is 5.02 Å². The number of carboxylic acid groups (broad SMARTS) is 2. The molecule has 3 rings (SSSR count). The number of nitrogens with zero attached hydrogens (tertiary/aromatic N) is 2. The summed E-state index contributed by atoms with van der Waals surface area (Å²) in [5, 5.41) is 19.3. The molecule has 0 saturated carbocycles. The predicted molar refractivity (Wildman–Crippen MR) is 89.9 cm³/mol. The second-order valence-corrected chi connectivity index (χ2v) is 6.58. The van der Waals surface area contributed by atoms with Crippen molar-refractivity contribution in [3.05, 3.63) is 23.2 Å². The first kappa shape index (κ1) is 17.4. The van der Waals surface area contributed by atoms with Gasteiger partial charge in [0.15, 0.2) is 0 Å². The summed E-state index contributed by atoms with van der Waals surface area (Å²) < 4.78 is 0. The molecule has 1 aromatic rings. The third-order valence-electron chi connectivity index (χ3n) is 3.23. The summed E-state index contributed by atoms with van der Waals surface area (Å²) in [6.07, 6.45) is 0. The number of halogens is 1. The Kier molecular flexibility index (Phi) is 5.73. The lowest BCUT2D eigenvalue weighted by Crippen LogP contribution is -2.40. The molecule has 1 unspecified atom stereocenters. The molecule has 0 fully saturated rings. The number of hydrogen-bond acceptors (Lipinski definition) is 6.